The number of nitrogens with zero attached hydrogens (tertiary/aromatic N) is 2. The second-order valence-corrected chi connectivity index (χ2v) is 3.78. The largest absolute Gasteiger partial charge is 0.294 e. The highest BCUT2D eigenvalue weighted by atomic mass is 32.2. The zero-order chi connectivity index (χ0) is 9.97. The fourth-order valence-corrected chi connectivity index (χ4v) is 2.01. The normalized spacial score (nSPS) is 21.9. The first-order valence-corrected chi connectivity index (χ1v) is 4.96. The summed E-state index contributed by atoms with van der Waals surface area (Å²) in [6.07, 6.45) is 3.93. The van der Waals surface area contributed by atoms with Gasteiger partial charge in [0, 0.05) is 6.20 Å². The number of amides is 2. The third kappa shape index (κ3) is 1.74. The second-order valence-electron chi connectivity index (χ2n) is 2.68. The quantitative estimate of drug-likeness (QED) is 0.642. The average Bonchev–Trinajstić information content (AvgIpc) is 2.19. The third-order valence-electron chi connectivity index (χ3n) is 1.71. The van der Waals surface area contributed by atoms with Gasteiger partial charge in [-0.05, 0) is 6.07 Å². The summed E-state index contributed by atoms with van der Waals surface area (Å²) in [5.74, 6) is -0.298. The van der Waals surface area contributed by atoms with Crippen LogP contribution < -0.4 is 5.32 Å². The van der Waals surface area contributed by atoms with Gasteiger partial charge in [0.25, 0.3) is 0 Å². The highest BCUT2D eigenvalue weighted by Gasteiger charge is 2.29. The first kappa shape index (κ1) is 9.14. The molecule has 14 heavy (non-hydrogen) atoms. The molecule has 1 aromatic heterocycles. The lowest BCUT2D eigenvalue weighted by atomic mass is 10.2. The molecule has 2 heterocycles. The van der Waals surface area contributed by atoms with Crippen molar-refractivity contribution in [2.75, 3.05) is 5.75 Å². The van der Waals surface area contributed by atoms with Gasteiger partial charge in [0.15, 0.2) is 6.33 Å². The topological polar surface area (TPSA) is 72.0 Å². The van der Waals surface area contributed by atoms with Crippen LogP contribution in [0.1, 0.15) is 10.9 Å². The van der Waals surface area contributed by atoms with Crippen LogP contribution in [-0.4, -0.2) is 27.5 Å². The summed E-state index contributed by atoms with van der Waals surface area (Å²) in [6.45, 7) is 0. The molecule has 1 unspecified atom stereocenters. The van der Waals surface area contributed by atoms with Gasteiger partial charge in [-0.25, -0.2) is 9.97 Å². The minimum absolute atomic E-state index is 0.255. The number of imide groups is 1. The molecule has 6 heteroatoms. The zero-order valence-electron chi connectivity index (χ0n) is 7.06. The number of hydrogen-bond acceptors (Lipinski definition) is 5. The van der Waals surface area contributed by atoms with E-state index in [0.717, 1.165) is 0 Å². The molecule has 0 aliphatic carbocycles. The molecule has 1 N–H and O–H groups in total. The van der Waals surface area contributed by atoms with Crippen LogP contribution >= 0.6 is 11.8 Å². The van der Waals surface area contributed by atoms with E-state index >= 15 is 0 Å². The smallest absolute Gasteiger partial charge is 0.245 e. The molecular weight excluding hydrogens is 202 g/mol. The molecule has 2 amide bonds. The van der Waals surface area contributed by atoms with E-state index < -0.39 is 5.25 Å². The second kappa shape index (κ2) is 3.75. The van der Waals surface area contributed by atoms with Crippen molar-refractivity contribution in [3.63, 3.8) is 0 Å². The number of carbonyl (C=O) groups is 2. The van der Waals surface area contributed by atoms with Gasteiger partial charge in [-0.1, -0.05) is 0 Å². The first-order chi connectivity index (χ1) is 6.77. The van der Waals surface area contributed by atoms with Gasteiger partial charge in [-0.15, -0.1) is 11.8 Å². The zero-order valence-corrected chi connectivity index (χ0v) is 7.87. The van der Waals surface area contributed by atoms with Crippen LogP contribution in [0.5, 0.6) is 0 Å². The summed E-state index contributed by atoms with van der Waals surface area (Å²) in [7, 11) is 0. The Kier molecular flexibility index (Phi) is 2.45. The van der Waals surface area contributed by atoms with Crippen LogP contribution in [0.3, 0.4) is 0 Å². The van der Waals surface area contributed by atoms with Crippen molar-refractivity contribution < 1.29 is 9.59 Å². The number of aromatic nitrogens is 2. The van der Waals surface area contributed by atoms with Gasteiger partial charge in [-0.3, -0.25) is 14.9 Å². The maximum atomic E-state index is 11.4. The van der Waals surface area contributed by atoms with Crippen molar-refractivity contribution >= 4 is 23.6 Å². The van der Waals surface area contributed by atoms with Crippen LogP contribution in [0.25, 0.3) is 0 Å². The standard InChI is InChI=1S/C8H6N3O2S/c12-6-3-14-7(8(13)11-6)5-1-2-9-4-10-5/h1-2,7H,3H2,(H,11,12,13). The SMILES string of the molecule is O=C1CSC(c2ccn[c]n2)C(=O)N1. The number of carbonyl (C=O) groups excluding carboxylic acids is 2. The average molecular weight is 208 g/mol. The highest BCUT2D eigenvalue weighted by Crippen LogP contribution is 2.29. The summed E-state index contributed by atoms with van der Waals surface area (Å²) in [4.78, 5) is 29.7. The van der Waals surface area contributed by atoms with E-state index in [1.54, 1.807) is 6.07 Å². The van der Waals surface area contributed by atoms with Crippen LogP contribution in [0.2, 0.25) is 0 Å². The number of thioether (sulfide) groups is 1. The monoisotopic (exact) mass is 208 g/mol. The number of nitrogens with one attached hydrogen (secondary N) is 1. The number of rotatable bonds is 1. The Morgan fingerprint density at radius 2 is 2.43 bits per heavy atom. The van der Waals surface area contributed by atoms with Crippen molar-refractivity contribution in [1.82, 2.24) is 15.3 Å². The Labute approximate surface area is 84.3 Å². The van der Waals surface area contributed by atoms with E-state index in [4.69, 9.17) is 0 Å². The fourth-order valence-electron chi connectivity index (χ4n) is 1.11. The summed E-state index contributed by atoms with van der Waals surface area (Å²) < 4.78 is 0. The van der Waals surface area contributed by atoms with Gasteiger partial charge in [0.1, 0.15) is 5.25 Å². The van der Waals surface area contributed by atoms with Gasteiger partial charge < -0.3 is 0 Å². The number of hydrogen-bond donors (Lipinski definition) is 1. The Balaban J connectivity index is 2.20. The molecule has 5 nitrogen and oxygen atoms in total. The van der Waals surface area contributed by atoms with E-state index in [0.29, 0.717) is 5.69 Å². The lowest BCUT2D eigenvalue weighted by Crippen LogP contribution is -2.39. The van der Waals surface area contributed by atoms with Crippen LogP contribution in [0.15, 0.2) is 12.3 Å². The van der Waals surface area contributed by atoms with Crippen molar-refractivity contribution in [2.24, 2.45) is 0 Å². The highest BCUT2D eigenvalue weighted by molar-refractivity contribution is 8.01. The minimum atomic E-state index is -0.424. The van der Waals surface area contributed by atoms with Crippen molar-refractivity contribution in [1.29, 1.82) is 0 Å². The molecule has 71 valence electrons. The molecular formula is C8H6N3O2S. The van der Waals surface area contributed by atoms with Gasteiger partial charge in [0.05, 0.1) is 11.4 Å². The van der Waals surface area contributed by atoms with E-state index in [-0.39, 0.29) is 17.6 Å². The predicted molar refractivity (Wildman–Crippen MR) is 49.2 cm³/mol. The molecule has 1 radical (unpaired) electrons. The lowest BCUT2D eigenvalue weighted by molar-refractivity contribution is -0.129. The molecule has 1 atom stereocenters. The van der Waals surface area contributed by atoms with E-state index in [1.807, 2.05) is 0 Å². The van der Waals surface area contributed by atoms with E-state index in [9.17, 15) is 9.59 Å². The van der Waals surface area contributed by atoms with E-state index in [2.05, 4.69) is 21.6 Å². The molecule has 1 fully saturated rings. The molecule has 1 saturated heterocycles. The third-order valence-corrected chi connectivity index (χ3v) is 2.92. The Hall–Kier alpha value is -1.43. The molecule has 0 aromatic carbocycles. The molecule has 0 saturated carbocycles. The van der Waals surface area contributed by atoms with Crippen LogP contribution in [-0.2, 0) is 9.59 Å². The molecule has 1 aliphatic rings. The summed E-state index contributed by atoms with van der Waals surface area (Å²) >= 11 is 1.26. The minimum Gasteiger partial charge on any atom is -0.294 e. The molecule has 0 spiro atoms. The Morgan fingerprint density at radius 3 is 3.07 bits per heavy atom. The molecule has 0 bridgehead atoms. The Bertz CT molecular complexity index is 368. The fraction of sp³-hybridized carbons (Fsp3) is 0.250. The van der Waals surface area contributed by atoms with Crippen LogP contribution in [0.4, 0.5) is 0 Å². The molecule has 2 rings (SSSR count). The molecule has 1 aliphatic heterocycles. The lowest BCUT2D eigenvalue weighted by Gasteiger charge is -2.19. The van der Waals surface area contributed by atoms with Crippen LogP contribution in [0, 0.1) is 6.33 Å². The van der Waals surface area contributed by atoms with Crippen molar-refractivity contribution in [3.05, 3.63) is 24.3 Å². The maximum Gasteiger partial charge on any atom is 0.245 e. The van der Waals surface area contributed by atoms with Crippen molar-refractivity contribution in [3.8, 4) is 0 Å². The van der Waals surface area contributed by atoms with Gasteiger partial charge >= 0.3 is 0 Å². The maximum absolute atomic E-state index is 11.4. The summed E-state index contributed by atoms with van der Waals surface area (Å²) in [5.41, 5.74) is 0.579. The Morgan fingerprint density at radius 1 is 1.57 bits per heavy atom. The summed E-state index contributed by atoms with van der Waals surface area (Å²) in [5, 5.41) is 1.83. The van der Waals surface area contributed by atoms with Crippen molar-refractivity contribution in [2.45, 2.75) is 5.25 Å². The van der Waals surface area contributed by atoms with Gasteiger partial charge in [0.2, 0.25) is 11.8 Å². The summed E-state index contributed by atoms with van der Waals surface area (Å²) in [6, 6.07) is 1.64. The van der Waals surface area contributed by atoms with E-state index in [1.165, 1.54) is 18.0 Å². The van der Waals surface area contributed by atoms with Gasteiger partial charge in [-0.2, -0.15) is 0 Å². The molecule has 1 aromatic rings. The predicted octanol–water partition coefficient (Wildman–Crippen LogP) is -0.293. The first-order valence-electron chi connectivity index (χ1n) is 3.91.